The van der Waals surface area contributed by atoms with Gasteiger partial charge in [-0.3, -0.25) is 14.9 Å². The number of nitro groups is 1. The third-order valence-electron chi connectivity index (χ3n) is 3.22. The molecule has 2 aromatic carbocycles. The number of benzene rings is 2. The first-order chi connectivity index (χ1) is 11.2. The summed E-state index contributed by atoms with van der Waals surface area (Å²) >= 11 is 0. The van der Waals surface area contributed by atoms with Crippen LogP contribution in [0.2, 0.25) is 0 Å². The van der Waals surface area contributed by atoms with Gasteiger partial charge in [-0.2, -0.15) is 0 Å². The van der Waals surface area contributed by atoms with E-state index in [4.69, 9.17) is 4.74 Å². The Labute approximate surface area is 134 Å². The second-order valence-corrected chi connectivity index (χ2v) is 4.93. The normalized spacial score (nSPS) is 10.1. The quantitative estimate of drug-likeness (QED) is 0.461. The van der Waals surface area contributed by atoms with Crippen molar-refractivity contribution in [3.63, 3.8) is 0 Å². The lowest BCUT2D eigenvalue weighted by molar-refractivity contribution is -0.385. The van der Waals surface area contributed by atoms with Gasteiger partial charge in [0.1, 0.15) is 5.75 Å². The van der Waals surface area contributed by atoms with Crippen LogP contribution in [-0.4, -0.2) is 17.4 Å². The van der Waals surface area contributed by atoms with Crippen molar-refractivity contribution in [2.75, 3.05) is 6.61 Å². The number of hydrogen-bond acceptors (Lipinski definition) is 4. The Morgan fingerprint density at radius 3 is 2.52 bits per heavy atom. The van der Waals surface area contributed by atoms with Crippen LogP contribution in [0.3, 0.4) is 0 Å². The average Bonchev–Trinajstić information content (AvgIpc) is 2.58. The molecule has 6 nitrogen and oxygen atoms in total. The highest BCUT2D eigenvalue weighted by Crippen LogP contribution is 2.17. The fourth-order valence-corrected chi connectivity index (χ4v) is 2.06. The number of para-hydroxylation sites is 2. The predicted octanol–water partition coefficient (Wildman–Crippen LogP) is 3.07. The van der Waals surface area contributed by atoms with Crippen LogP contribution in [0.15, 0.2) is 54.6 Å². The van der Waals surface area contributed by atoms with Gasteiger partial charge in [-0.05, 0) is 18.6 Å². The fourth-order valence-electron chi connectivity index (χ4n) is 2.06. The molecule has 0 unspecified atom stereocenters. The van der Waals surface area contributed by atoms with E-state index in [1.165, 1.54) is 6.07 Å². The maximum Gasteiger partial charge on any atom is 0.274 e. The molecule has 0 aliphatic carbocycles. The molecule has 0 aliphatic heterocycles. The molecule has 2 aromatic rings. The molecule has 0 bridgehead atoms. The first-order valence-corrected chi connectivity index (χ1v) is 7.33. The summed E-state index contributed by atoms with van der Waals surface area (Å²) in [6.07, 6.45) is 0.894. The summed E-state index contributed by atoms with van der Waals surface area (Å²) in [6.45, 7) is 0.596. The highest BCUT2D eigenvalue weighted by molar-refractivity contribution is 5.75. The maximum absolute atomic E-state index is 11.8. The van der Waals surface area contributed by atoms with Crippen molar-refractivity contribution in [1.29, 1.82) is 0 Å². The van der Waals surface area contributed by atoms with Crippen molar-refractivity contribution in [3.05, 3.63) is 70.3 Å². The number of carbonyl (C=O) groups excluding carboxylic acids is 1. The number of hydrogen-bond donors (Lipinski definition) is 1. The van der Waals surface area contributed by atoms with Gasteiger partial charge in [0.2, 0.25) is 5.91 Å². The molecule has 0 saturated carbocycles. The summed E-state index contributed by atoms with van der Waals surface area (Å²) < 4.78 is 5.50. The molecule has 0 spiro atoms. The van der Waals surface area contributed by atoms with E-state index in [1.807, 2.05) is 30.3 Å². The van der Waals surface area contributed by atoms with Crippen molar-refractivity contribution in [2.24, 2.45) is 0 Å². The second-order valence-electron chi connectivity index (χ2n) is 4.93. The molecule has 0 heterocycles. The zero-order valence-corrected chi connectivity index (χ0v) is 12.6. The molecule has 1 amide bonds. The first kappa shape index (κ1) is 16.5. The highest BCUT2D eigenvalue weighted by Gasteiger charge is 2.12. The predicted molar refractivity (Wildman–Crippen MR) is 86.1 cm³/mol. The van der Waals surface area contributed by atoms with Crippen molar-refractivity contribution in [2.45, 2.75) is 19.4 Å². The Kier molecular flexibility index (Phi) is 6.11. The zero-order valence-electron chi connectivity index (χ0n) is 12.6. The van der Waals surface area contributed by atoms with Crippen molar-refractivity contribution in [1.82, 2.24) is 5.32 Å². The third-order valence-corrected chi connectivity index (χ3v) is 3.22. The lowest BCUT2D eigenvalue weighted by Crippen LogP contribution is -2.23. The third kappa shape index (κ3) is 5.43. The number of nitro benzene ring substituents is 1. The van der Waals surface area contributed by atoms with Crippen LogP contribution in [-0.2, 0) is 11.3 Å². The molecule has 0 atom stereocenters. The number of nitrogens with one attached hydrogen (secondary N) is 1. The molecule has 2 rings (SSSR count). The van der Waals surface area contributed by atoms with Crippen LogP contribution in [0.4, 0.5) is 5.69 Å². The first-order valence-electron chi connectivity index (χ1n) is 7.33. The lowest BCUT2D eigenvalue weighted by Gasteiger charge is -2.07. The highest BCUT2D eigenvalue weighted by atomic mass is 16.6. The van der Waals surface area contributed by atoms with Crippen molar-refractivity contribution in [3.8, 4) is 5.75 Å². The summed E-state index contributed by atoms with van der Waals surface area (Å²) in [4.78, 5) is 22.2. The van der Waals surface area contributed by atoms with E-state index in [2.05, 4.69) is 5.32 Å². The molecule has 0 aliphatic rings. The van der Waals surface area contributed by atoms with Crippen LogP contribution < -0.4 is 10.1 Å². The number of rotatable bonds is 8. The average molecular weight is 314 g/mol. The Balaban J connectivity index is 1.70. The van der Waals surface area contributed by atoms with Crippen LogP contribution in [0.5, 0.6) is 5.75 Å². The molecular formula is C17H18N2O4. The molecule has 0 radical (unpaired) electrons. The summed E-state index contributed by atoms with van der Waals surface area (Å²) in [5.41, 5.74) is 0.506. The minimum atomic E-state index is -0.449. The topological polar surface area (TPSA) is 81.5 Å². The van der Waals surface area contributed by atoms with E-state index in [0.29, 0.717) is 25.0 Å². The summed E-state index contributed by atoms with van der Waals surface area (Å²) in [5.74, 6) is 0.618. The number of amides is 1. The van der Waals surface area contributed by atoms with E-state index in [-0.39, 0.29) is 18.1 Å². The van der Waals surface area contributed by atoms with Crippen molar-refractivity contribution < 1.29 is 14.5 Å². The fraction of sp³-hybridized carbons (Fsp3) is 0.235. The van der Waals surface area contributed by atoms with Crippen LogP contribution in [0.25, 0.3) is 0 Å². The van der Waals surface area contributed by atoms with Gasteiger partial charge in [-0.1, -0.05) is 36.4 Å². The van der Waals surface area contributed by atoms with Gasteiger partial charge in [-0.25, -0.2) is 0 Å². The Bertz CT molecular complexity index is 659. The van der Waals surface area contributed by atoms with Crippen LogP contribution in [0.1, 0.15) is 18.4 Å². The van der Waals surface area contributed by atoms with Gasteiger partial charge in [-0.15, -0.1) is 0 Å². The number of carbonyl (C=O) groups is 1. The monoisotopic (exact) mass is 314 g/mol. The van der Waals surface area contributed by atoms with Gasteiger partial charge < -0.3 is 10.1 Å². The Morgan fingerprint density at radius 2 is 1.78 bits per heavy atom. The van der Waals surface area contributed by atoms with E-state index in [1.54, 1.807) is 18.2 Å². The van der Waals surface area contributed by atoms with Crippen LogP contribution >= 0.6 is 0 Å². The van der Waals surface area contributed by atoms with Crippen molar-refractivity contribution >= 4 is 11.6 Å². The standard InChI is InChI=1S/C17H18N2O4/c20-17(11-6-12-23-15-8-2-1-3-9-15)18-13-14-7-4-5-10-16(14)19(21)22/h1-5,7-10H,6,11-13H2,(H,18,20). The molecule has 1 N–H and O–H groups in total. The van der Waals surface area contributed by atoms with E-state index >= 15 is 0 Å². The van der Waals surface area contributed by atoms with Gasteiger partial charge in [0.15, 0.2) is 0 Å². The Morgan fingerprint density at radius 1 is 1.09 bits per heavy atom. The molecule has 0 aromatic heterocycles. The molecule has 0 saturated heterocycles. The minimum absolute atomic E-state index is 0.0141. The number of nitrogens with zero attached hydrogens (tertiary/aromatic N) is 1. The maximum atomic E-state index is 11.8. The SMILES string of the molecule is O=C(CCCOc1ccccc1)NCc1ccccc1[N+](=O)[O-]. The number of ether oxygens (including phenoxy) is 1. The van der Waals surface area contributed by atoms with E-state index in [0.717, 1.165) is 5.75 Å². The van der Waals surface area contributed by atoms with E-state index in [9.17, 15) is 14.9 Å². The minimum Gasteiger partial charge on any atom is -0.494 e. The molecule has 23 heavy (non-hydrogen) atoms. The largest absolute Gasteiger partial charge is 0.494 e. The van der Waals surface area contributed by atoms with Gasteiger partial charge in [0.05, 0.1) is 11.5 Å². The molecular weight excluding hydrogens is 296 g/mol. The Hall–Kier alpha value is -2.89. The van der Waals surface area contributed by atoms with E-state index < -0.39 is 4.92 Å². The lowest BCUT2D eigenvalue weighted by atomic mass is 10.2. The molecule has 0 fully saturated rings. The second kappa shape index (κ2) is 8.53. The van der Waals surface area contributed by atoms with Gasteiger partial charge in [0, 0.05) is 24.6 Å². The molecule has 6 heteroatoms. The summed E-state index contributed by atoms with van der Waals surface area (Å²) in [6, 6.07) is 15.8. The van der Waals surface area contributed by atoms with Crippen LogP contribution in [0, 0.1) is 10.1 Å². The van der Waals surface area contributed by atoms with Gasteiger partial charge in [0.25, 0.3) is 5.69 Å². The smallest absolute Gasteiger partial charge is 0.274 e. The zero-order chi connectivity index (χ0) is 16.5. The summed E-state index contributed by atoms with van der Waals surface area (Å²) in [7, 11) is 0. The molecule has 120 valence electrons. The summed E-state index contributed by atoms with van der Waals surface area (Å²) in [5, 5.41) is 13.6. The van der Waals surface area contributed by atoms with Gasteiger partial charge >= 0.3 is 0 Å².